The Labute approximate surface area is 196 Å². The first-order valence-corrected chi connectivity index (χ1v) is 11.3. The molecule has 0 radical (unpaired) electrons. The molecule has 33 heavy (non-hydrogen) atoms. The van der Waals surface area contributed by atoms with Crippen LogP contribution in [0, 0.1) is 0 Å². The molecule has 0 saturated heterocycles. The number of methoxy groups -OCH3 is 1. The highest BCUT2D eigenvalue weighted by Gasteiger charge is 2.17. The minimum Gasteiger partial charge on any atom is -0.488 e. The first-order chi connectivity index (χ1) is 15.9. The van der Waals surface area contributed by atoms with E-state index in [0.29, 0.717) is 18.9 Å². The molecule has 0 aliphatic heterocycles. The van der Waals surface area contributed by atoms with Gasteiger partial charge in [-0.1, -0.05) is 47.6 Å². The van der Waals surface area contributed by atoms with Crippen LogP contribution in [-0.2, 0) is 13.6 Å². The maximum absolute atomic E-state index is 12.9. The summed E-state index contributed by atoms with van der Waals surface area (Å²) in [5.74, 6) is 0.712. The molecule has 1 aromatic heterocycles. The average Bonchev–Trinajstić information content (AvgIpc) is 2.81. The van der Waals surface area contributed by atoms with Gasteiger partial charge in [0.15, 0.2) is 5.75 Å². The van der Waals surface area contributed by atoms with Crippen LogP contribution in [0.15, 0.2) is 76.6 Å². The molecule has 1 heterocycles. The van der Waals surface area contributed by atoms with E-state index in [1.165, 1.54) is 23.8 Å². The Morgan fingerprint density at radius 3 is 2.48 bits per heavy atom. The van der Waals surface area contributed by atoms with Gasteiger partial charge in [-0.25, -0.2) is 0 Å². The van der Waals surface area contributed by atoms with Crippen molar-refractivity contribution >= 4 is 16.6 Å². The van der Waals surface area contributed by atoms with Crippen molar-refractivity contribution in [3.05, 3.63) is 87.7 Å². The Balaban J connectivity index is 1.84. The van der Waals surface area contributed by atoms with Crippen LogP contribution in [0.3, 0.4) is 0 Å². The first kappa shape index (κ1) is 24.2. The topological polar surface area (TPSA) is 52.5 Å². The highest BCUT2D eigenvalue weighted by Crippen LogP contribution is 2.34. The Morgan fingerprint density at radius 1 is 1.03 bits per heavy atom. The fourth-order valence-electron chi connectivity index (χ4n) is 3.67. The van der Waals surface area contributed by atoms with Crippen LogP contribution < -0.4 is 20.3 Å². The number of allylic oxidation sites excluding steroid dienone is 3. The number of anilines is 1. The normalized spacial score (nSPS) is 11.4. The van der Waals surface area contributed by atoms with Gasteiger partial charge >= 0.3 is 0 Å². The molecule has 0 aliphatic carbocycles. The lowest BCUT2D eigenvalue weighted by Crippen LogP contribution is -2.20. The van der Waals surface area contributed by atoms with E-state index in [9.17, 15) is 4.79 Å². The van der Waals surface area contributed by atoms with Gasteiger partial charge in [-0.05, 0) is 63.5 Å². The number of nitrogens with zero attached hydrogens (tertiary/aromatic N) is 1. The van der Waals surface area contributed by atoms with E-state index in [0.717, 1.165) is 29.4 Å². The third-order valence-electron chi connectivity index (χ3n) is 5.60. The summed E-state index contributed by atoms with van der Waals surface area (Å²) in [6, 6.07) is 16.2. The molecule has 0 aliphatic rings. The van der Waals surface area contributed by atoms with Crippen molar-refractivity contribution in [2.24, 2.45) is 7.05 Å². The standard InChI is InChI=1S/C28H34N2O3/c1-20(2)10-9-11-21(3)16-17-33-26-24-15-14-23(29-19-22-12-7-6-8-13-22)18-25(24)30(4)28(31)27(26)32-5/h6-8,10,12-16,18,29H,9,11,17,19H2,1-5H3/b21-16+. The molecular weight excluding hydrogens is 412 g/mol. The molecule has 0 atom stereocenters. The summed E-state index contributed by atoms with van der Waals surface area (Å²) in [4.78, 5) is 12.9. The highest BCUT2D eigenvalue weighted by atomic mass is 16.5. The molecule has 5 heteroatoms. The summed E-state index contributed by atoms with van der Waals surface area (Å²) in [6.07, 6.45) is 6.30. The second kappa shape index (κ2) is 11.4. The molecule has 0 saturated carbocycles. The number of nitrogens with one attached hydrogen (secondary N) is 1. The maximum Gasteiger partial charge on any atom is 0.297 e. The van der Waals surface area contributed by atoms with E-state index in [-0.39, 0.29) is 11.3 Å². The smallest absolute Gasteiger partial charge is 0.297 e. The number of benzene rings is 2. The Hall–Kier alpha value is -3.47. The Kier molecular flexibility index (Phi) is 8.36. The molecule has 3 rings (SSSR count). The predicted octanol–water partition coefficient (Wildman–Crippen LogP) is 6.23. The summed E-state index contributed by atoms with van der Waals surface area (Å²) in [7, 11) is 3.26. The monoisotopic (exact) mass is 446 g/mol. The molecular formula is C28H34N2O3. The van der Waals surface area contributed by atoms with Crippen molar-refractivity contribution in [2.45, 2.75) is 40.2 Å². The molecule has 3 aromatic rings. The van der Waals surface area contributed by atoms with E-state index in [1.807, 2.05) is 36.4 Å². The van der Waals surface area contributed by atoms with Crippen LogP contribution in [0.2, 0.25) is 0 Å². The van der Waals surface area contributed by atoms with Gasteiger partial charge in [-0.2, -0.15) is 0 Å². The van der Waals surface area contributed by atoms with E-state index in [1.54, 1.807) is 11.6 Å². The minimum atomic E-state index is -0.218. The maximum atomic E-state index is 12.9. The molecule has 2 aromatic carbocycles. The van der Waals surface area contributed by atoms with Crippen molar-refractivity contribution in [2.75, 3.05) is 19.0 Å². The Morgan fingerprint density at radius 2 is 1.79 bits per heavy atom. The van der Waals surface area contributed by atoms with Gasteiger partial charge in [-0.3, -0.25) is 4.79 Å². The van der Waals surface area contributed by atoms with Crippen LogP contribution in [0.4, 0.5) is 5.69 Å². The highest BCUT2D eigenvalue weighted by molar-refractivity contribution is 5.90. The molecule has 1 N–H and O–H groups in total. The lowest BCUT2D eigenvalue weighted by Gasteiger charge is -2.16. The number of ether oxygens (including phenoxy) is 2. The molecule has 0 fully saturated rings. The predicted molar refractivity (Wildman–Crippen MR) is 137 cm³/mol. The Bertz CT molecular complexity index is 1200. The number of pyridine rings is 1. The zero-order valence-electron chi connectivity index (χ0n) is 20.3. The van der Waals surface area contributed by atoms with Gasteiger partial charge in [0.1, 0.15) is 6.61 Å². The van der Waals surface area contributed by atoms with Gasteiger partial charge in [-0.15, -0.1) is 0 Å². The van der Waals surface area contributed by atoms with Crippen molar-refractivity contribution in [1.82, 2.24) is 4.57 Å². The quantitative estimate of drug-likeness (QED) is 0.375. The van der Waals surface area contributed by atoms with Crippen molar-refractivity contribution in [3.8, 4) is 11.5 Å². The van der Waals surface area contributed by atoms with Crippen LogP contribution >= 0.6 is 0 Å². The zero-order valence-corrected chi connectivity index (χ0v) is 20.3. The zero-order chi connectivity index (χ0) is 23.8. The number of aryl methyl sites for hydroxylation is 1. The average molecular weight is 447 g/mol. The summed E-state index contributed by atoms with van der Waals surface area (Å²) < 4.78 is 13.1. The van der Waals surface area contributed by atoms with E-state index < -0.39 is 0 Å². The second-order valence-electron chi connectivity index (χ2n) is 8.48. The van der Waals surface area contributed by atoms with Crippen LogP contribution in [0.25, 0.3) is 10.9 Å². The summed E-state index contributed by atoms with van der Waals surface area (Å²) in [5.41, 5.74) is 5.28. The van der Waals surface area contributed by atoms with Gasteiger partial charge < -0.3 is 19.4 Å². The number of aromatic nitrogens is 1. The molecule has 0 amide bonds. The van der Waals surface area contributed by atoms with E-state index in [4.69, 9.17) is 9.47 Å². The molecule has 0 unspecified atom stereocenters. The number of rotatable bonds is 10. The van der Waals surface area contributed by atoms with Gasteiger partial charge in [0.2, 0.25) is 5.75 Å². The van der Waals surface area contributed by atoms with Gasteiger partial charge in [0.05, 0.1) is 12.6 Å². The lowest BCUT2D eigenvalue weighted by molar-refractivity contribution is 0.325. The number of fused-ring (bicyclic) bond motifs is 1. The summed E-state index contributed by atoms with van der Waals surface area (Å²) >= 11 is 0. The fourth-order valence-corrected chi connectivity index (χ4v) is 3.67. The van der Waals surface area contributed by atoms with Crippen molar-refractivity contribution in [3.63, 3.8) is 0 Å². The molecule has 0 spiro atoms. The molecule has 5 nitrogen and oxygen atoms in total. The minimum absolute atomic E-state index is 0.218. The molecule has 0 bridgehead atoms. The van der Waals surface area contributed by atoms with Crippen LogP contribution in [0.1, 0.15) is 39.2 Å². The van der Waals surface area contributed by atoms with Crippen molar-refractivity contribution < 1.29 is 9.47 Å². The largest absolute Gasteiger partial charge is 0.488 e. The van der Waals surface area contributed by atoms with Gasteiger partial charge in [0.25, 0.3) is 5.56 Å². The van der Waals surface area contributed by atoms with E-state index in [2.05, 4.69) is 50.4 Å². The summed E-state index contributed by atoms with van der Waals surface area (Å²) in [6.45, 7) is 7.41. The summed E-state index contributed by atoms with van der Waals surface area (Å²) in [5, 5.41) is 4.27. The SMILES string of the molecule is COc1c(OC/C=C(\C)CCC=C(C)C)c2ccc(NCc3ccccc3)cc2n(C)c1=O. The second-order valence-corrected chi connectivity index (χ2v) is 8.48. The number of hydrogen-bond acceptors (Lipinski definition) is 4. The first-order valence-electron chi connectivity index (χ1n) is 11.3. The third kappa shape index (κ3) is 6.28. The van der Waals surface area contributed by atoms with E-state index >= 15 is 0 Å². The van der Waals surface area contributed by atoms with Crippen LogP contribution in [0.5, 0.6) is 11.5 Å². The van der Waals surface area contributed by atoms with Crippen LogP contribution in [-0.4, -0.2) is 18.3 Å². The van der Waals surface area contributed by atoms with Crippen molar-refractivity contribution in [1.29, 1.82) is 0 Å². The third-order valence-corrected chi connectivity index (χ3v) is 5.60. The van der Waals surface area contributed by atoms with Gasteiger partial charge in [0, 0.05) is 24.7 Å². The number of hydrogen-bond donors (Lipinski definition) is 1. The fraction of sp³-hybridized carbons (Fsp3) is 0.321. The molecule has 174 valence electrons. The lowest BCUT2D eigenvalue weighted by atomic mass is 10.1.